The van der Waals surface area contributed by atoms with Crippen LogP contribution in [0.1, 0.15) is 163 Å². The number of rotatable bonds is 22. The number of esters is 1. The molecule has 0 spiro atoms. The molecule has 5 N–H and O–H groups in total. The Morgan fingerprint density at radius 1 is 0.525 bits per heavy atom. The number of aliphatic hydroxyl groups excluding tert-OH is 1. The van der Waals surface area contributed by atoms with Crippen LogP contribution in [0.2, 0.25) is 0 Å². The van der Waals surface area contributed by atoms with E-state index in [-0.39, 0.29) is 63.1 Å². The Bertz CT molecular complexity index is 2720. The van der Waals surface area contributed by atoms with Crippen molar-refractivity contribution < 1.29 is 76.9 Å². The number of morpholine rings is 1. The Labute approximate surface area is 590 Å². The van der Waals surface area contributed by atoms with Crippen molar-refractivity contribution in [3.8, 4) is 0 Å². The number of hydrogen-bond donors (Lipinski definition) is 5. The molecule has 2 aliphatic rings. The van der Waals surface area contributed by atoms with Crippen LogP contribution in [0.5, 0.6) is 0 Å². The predicted molar refractivity (Wildman–Crippen MR) is 376 cm³/mol. The van der Waals surface area contributed by atoms with Gasteiger partial charge in [0.1, 0.15) is 73.1 Å². The second-order valence-corrected chi connectivity index (χ2v) is 29.2. The summed E-state index contributed by atoms with van der Waals surface area (Å²) < 4.78 is 16.9. The van der Waals surface area contributed by atoms with Gasteiger partial charge < -0.3 is 74.9 Å². The average Bonchev–Trinajstić information content (AvgIpc) is 0.808. The van der Waals surface area contributed by atoms with Crippen molar-refractivity contribution in [3.05, 3.63) is 12.2 Å². The highest BCUT2D eigenvalue weighted by Gasteiger charge is 2.47. The molecular formula is C71H126N12O16. The summed E-state index contributed by atoms with van der Waals surface area (Å²) in [5.41, 5.74) is 0. The topological polar surface area (TPSA) is 327 Å². The molecule has 2 rings (SSSR count). The second-order valence-electron chi connectivity index (χ2n) is 29.2. The number of carbonyl (C=O) groups excluding carboxylic acids is 12. The van der Waals surface area contributed by atoms with E-state index in [1.807, 2.05) is 41.5 Å². The van der Waals surface area contributed by atoms with Crippen LogP contribution >= 0.6 is 0 Å². The molecule has 14 atom stereocenters. The molecule has 2 saturated heterocycles. The fourth-order valence-electron chi connectivity index (χ4n) is 12.5. The van der Waals surface area contributed by atoms with E-state index in [1.54, 1.807) is 60.6 Å². The molecule has 2 fully saturated rings. The number of allylic oxidation sites excluding steroid dienone is 1. The molecule has 0 unspecified atom stereocenters. The van der Waals surface area contributed by atoms with E-state index < -0.39 is 167 Å². The standard InChI is InChI=1S/C71H126N12O16/c1-25-52-67(92)76(18)49(15)66(91)81(23)58(50(16)98-34-29-27-31-83-32-36-97-37-33-83)63(88)75-56(44(8)9)70(95)77(19)53(38-41(2)3)62(87)72-47(13)61(86)73-48(14)65(90)78(20)54(39-42(4)5)68(93)79(21)55(40-43(6)7)69(94)80(22)57(45(10)11)71(96)82(24)59(64(89)74-52)60(85)46(12)30-26-28-35-99-51(17)84/h26,28,41-50,52-60,85H,25,27,29-40H2,1-24H3,(H,72,87)(H,73,86)(H,74,89)(H,75,88)/b28-26+/t46-,47+,48-,49-,50-,52+,53+,54+,55+,56+,57+,58+,59+,60-/m1/s1. The zero-order chi connectivity index (χ0) is 75.8. The van der Waals surface area contributed by atoms with Crippen LogP contribution in [0.15, 0.2) is 12.2 Å². The van der Waals surface area contributed by atoms with Gasteiger partial charge in [-0.1, -0.05) is 95.2 Å². The molecule has 0 radical (unpaired) electrons. The highest BCUT2D eigenvalue weighted by Crippen LogP contribution is 2.26. The van der Waals surface area contributed by atoms with Gasteiger partial charge in [0.15, 0.2) is 0 Å². The summed E-state index contributed by atoms with van der Waals surface area (Å²) in [6, 6.07) is -14.6. The molecule has 28 heteroatoms. The van der Waals surface area contributed by atoms with Crippen LogP contribution in [0.3, 0.4) is 0 Å². The summed E-state index contributed by atoms with van der Waals surface area (Å²) in [7, 11) is 9.76. The van der Waals surface area contributed by atoms with E-state index in [4.69, 9.17) is 14.2 Å². The lowest BCUT2D eigenvalue weighted by molar-refractivity contribution is -0.157. The van der Waals surface area contributed by atoms with Gasteiger partial charge in [-0.2, -0.15) is 0 Å². The summed E-state index contributed by atoms with van der Waals surface area (Å²) in [4.78, 5) is 186. The van der Waals surface area contributed by atoms with Gasteiger partial charge in [-0.05, 0) is 115 Å². The first-order chi connectivity index (χ1) is 46.1. The fraction of sp³-hybridized carbons (Fsp3) is 0.803. The highest BCUT2D eigenvalue weighted by atomic mass is 16.5. The van der Waals surface area contributed by atoms with Crippen LogP contribution in [-0.2, 0) is 71.7 Å². The predicted octanol–water partition coefficient (Wildman–Crippen LogP) is 2.67. The largest absolute Gasteiger partial charge is 0.462 e. The van der Waals surface area contributed by atoms with Crippen LogP contribution < -0.4 is 21.3 Å². The first kappa shape index (κ1) is 88.3. The molecule has 11 amide bonds. The summed E-state index contributed by atoms with van der Waals surface area (Å²) in [5, 5.41) is 23.4. The van der Waals surface area contributed by atoms with Crippen molar-refractivity contribution in [2.75, 3.05) is 95.4 Å². The van der Waals surface area contributed by atoms with Crippen LogP contribution in [0.25, 0.3) is 0 Å². The zero-order valence-corrected chi connectivity index (χ0v) is 64.2. The van der Waals surface area contributed by atoms with E-state index in [2.05, 4.69) is 26.2 Å². The van der Waals surface area contributed by atoms with Crippen molar-refractivity contribution in [3.63, 3.8) is 0 Å². The van der Waals surface area contributed by atoms with Gasteiger partial charge in [0.25, 0.3) is 0 Å². The monoisotopic (exact) mass is 1400 g/mol. The number of nitrogens with one attached hydrogen (secondary N) is 4. The lowest BCUT2D eigenvalue weighted by Gasteiger charge is -2.41. The Morgan fingerprint density at radius 3 is 1.53 bits per heavy atom. The van der Waals surface area contributed by atoms with Gasteiger partial charge in [-0.15, -0.1) is 0 Å². The third kappa shape index (κ3) is 26.0. The lowest BCUT2D eigenvalue weighted by atomic mass is 9.91. The molecule has 0 aromatic carbocycles. The minimum atomic E-state index is -1.73. The Hall–Kier alpha value is -6.78. The van der Waals surface area contributed by atoms with Gasteiger partial charge in [0, 0.05) is 76.0 Å². The van der Waals surface area contributed by atoms with Crippen LogP contribution in [0, 0.1) is 35.5 Å². The number of unbranched alkanes of at least 4 members (excludes halogenated alkanes) is 1. The van der Waals surface area contributed by atoms with E-state index in [9.17, 15) is 33.9 Å². The molecule has 0 aliphatic carbocycles. The molecule has 2 heterocycles. The molecule has 0 aromatic rings. The first-order valence-corrected chi connectivity index (χ1v) is 35.5. The summed E-state index contributed by atoms with van der Waals surface area (Å²) in [6.45, 7) is 32.2. The molecule has 0 aromatic heterocycles. The quantitative estimate of drug-likeness (QED) is 0.0591. The van der Waals surface area contributed by atoms with Gasteiger partial charge in [0.05, 0.1) is 25.4 Å². The maximum absolute atomic E-state index is 15.4. The molecular weight excluding hydrogens is 1280 g/mol. The van der Waals surface area contributed by atoms with E-state index in [0.717, 1.165) is 40.8 Å². The number of hydrogen-bond acceptors (Lipinski definition) is 17. The minimum Gasteiger partial charge on any atom is -0.462 e. The van der Waals surface area contributed by atoms with E-state index in [1.165, 1.54) is 96.6 Å². The van der Waals surface area contributed by atoms with Gasteiger partial charge in [-0.25, -0.2) is 0 Å². The van der Waals surface area contributed by atoms with Crippen molar-refractivity contribution in [1.29, 1.82) is 0 Å². The Balaban J connectivity index is 3.03. The summed E-state index contributed by atoms with van der Waals surface area (Å²) in [6.07, 6.45) is 2.35. The molecule has 0 bridgehead atoms. The van der Waals surface area contributed by atoms with Crippen molar-refractivity contribution in [2.45, 2.75) is 241 Å². The highest BCUT2D eigenvalue weighted by molar-refractivity contribution is 6.00. The van der Waals surface area contributed by atoms with E-state index >= 15 is 28.8 Å². The van der Waals surface area contributed by atoms with Crippen molar-refractivity contribution in [2.24, 2.45) is 35.5 Å². The maximum Gasteiger partial charge on any atom is 0.302 e. The Morgan fingerprint density at radius 2 is 1.01 bits per heavy atom. The van der Waals surface area contributed by atoms with Gasteiger partial charge in [-0.3, -0.25) is 62.4 Å². The Kier molecular flexibility index (Phi) is 37.3. The molecule has 0 saturated carbocycles. The third-order valence-corrected chi connectivity index (χ3v) is 18.9. The normalized spacial score (nSPS) is 26.9. The number of nitrogens with zero attached hydrogens (tertiary/aromatic N) is 8. The molecule has 2 aliphatic heterocycles. The average molecular weight is 1400 g/mol. The fourth-order valence-corrected chi connectivity index (χ4v) is 12.5. The number of carbonyl (C=O) groups is 12. The number of likely N-dealkylation sites (N-methyl/N-ethyl adjacent to an activating group) is 7. The molecule has 99 heavy (non-hydrogen) atoms. The molecule has 566 valence electrons. The minimum absolute atomic E-state index is 0.0504. The summed E-state index contributed by atoms with van der Waals surface area (Å²) >= 11 is 0. The zero-order valence-electron chi connectivity index (χ0n) is 64.2. The lowest BCUT2D eigenvalue weighted by Crippen LogP contribution is -2.64. The van der Waals surface area contributed by atoms with Crippen molar-refractivity contribution >= 4 is 70.9 Å². The van der Waals surface area contributed by atoms with E-state index in [0.29, 0.717) is 19.6 Å². The molecule has 28 nitrogen and oxygen atoms in total. The van der Waals surface area contributed by atoms with Gasteiger partial charge >= 0.3 is 5.97 Å². The second kappa shape index (κ2) is 41.8. The van der Waals surface area contributed by atoms with Crippen LogP contribution in [-0.4, -0.2) is 289 Å². The number of ether oxygens (including phenoxy) is 3. The smallest absolute Gasteiger partial charge is 0.302 e. The van der Waals surface area contributed by atoms with Crippen molar-refractivity contribution in [1.82, 2.24) is 60.5 Å². The number of amides is 11. The first-order valence-electron chi connectivity index (χ1n) is 35.5. The number of aliphatic hydroxyl groups is 1. The maximum atomic E-state index is 15.4. The SMILES string of the molecule is CC[C@@H]1NC(=O)[C@H]([C@H](O)[C@H](C)C/C=C/COC(C)=O)N(C)C(=O)[C@H](C(C)C)N(C)C(=O)[C@H](CC(C)C)N(C)C(=O)[C@H](CC(C)C)N(C)C(=O)[C@@H](C)NC(=O)[C@H](C)NC(=O)[C@H](CC(C)C)N(C)C(=O)[C@H](C(C)C)NC(=O)[C@H]([C@@H](C)OCCCCN2CCOCC2)N(C)C(=O)[C@@H](C)N(C)C1=O. The third-order valence-electron chi connectivity index (χ3n) is 18.9. The summed E-state index contributed by atoms with van der Waals surface area (Å²) in [5.74, 6) is -11.1. The van der Waals surface area contributed by atoms with Gasteiger partial charge in [0.2, 0.25) is 65.0 Å². The van der Waals surface area contributed by atoms with Crippen LogP contribution in [0.4, 0.5) is 0 Å².